The third kappa shape index (κ3) is 4.28. The van der Waals surface area contributed by atoms with Crippen LogP contribution in [0.5, 0.6) is 0 Å². The van der Waals surface area contributed by atoms with Crippen molar-refractivity contribution in [3.63, 3.8) is 0 Å². The van der Waals surface area contributed by atoms with Gasteiger partial charge in [-0.15, -0.1) is 0 Å². The molecule has 1 heterocycles. The van der Waals surface area contributed by atoms with Gasteiger partial charge in [-0.25, -0.2) is 0 Å². The lowest BCUT2D eigenvalue weighted by Crippen LogP contribution is -2.40. The van der Waals surface area contributed by atoms with Gasteiger partial charge in [0.05, 0.1) is 5.92 Å². The molecule has 1 rings (SSSR count). The molecule has 4 nitrogen and oxygen atoms in total. The quantitative estimate of drug-likeness (QED) is 0.741. The molecule has 100 valence electrons. The van der Waals surface area contributed by atoms with Gasteiger partial charge in [0.15, 0.2) is 0 Å². The Kier molecular flexibility index (Phi) is 5.92. The molecule has 1 N–H and O–H groups in total. The maximum Gasteiger partial charge on any atom is 0.226 e. The van der Waals surface area contributed by atoms with Crippen molar-refractivity contribution in [3.05, 3.63) is 0 Å². The fourth-order valence-electron chi connectivity index (χ4n) is 2.62. The number of carbonyl (C=O) groups excluding carboxylic acids is 1. The van der Waals surface area contributed by atoms with Gasteiger partial charge in [0.1, 0.15) is 0 Å². The van der Waals surface area contributed by atoms with Crippen LogP contribution in [0.4, 0.5) is 0 Å². The first-order valence-corrected chi connectivity index (χ1v) is 6.66. The Hall–Kier alpha value is -0.610. The summed E-state index contributed by atoms with van der Waals surface area (Å²) >= 11 is 0. The molecule has 2 unspecified atom stereocenters. The molecular formula is C13H27N3O. The highest BCUT2D eigenvalue weighted by Crippen LogP contribution is 2.16. The van der Waals surface area contributed by atoms with Gasteiger partial charge in [-0.1, -0.05) is 6.92 Å². The summed E-state index contributed by atoms with van der Waals surface area (Å²) < 4.78 is 0. The third-order valence-electron chi connectivity index (χ3n) is 3.69. The number of carbonyl (C=O) groups is 1. The van der Waals surface area contributed by atoms with Crippen LogP contribution in [0.25, 0.3) is 0 Å². The molecule has 1 aliphatic heterocycles. The van der Waals surface area contributed by atoms with Gasteiger partial charge < -0.3 is 15.1 Å². The van der Waals surface area contributed by atoms with E-state index in [-0.39, 0.29) is 11.8 Å². The topological polar surface area (TPSA) is 35.6 Å². The van der Waals surface area contributed by atoms with Crippen LogP contribution in [0.15, 0.2) is 0 Å². The van der Waals surface area contributed by atoms with Crippen LogP contribution >= 0.6 is 0 Å². The summed E-state index contributed by atoms with van der Waals surface area (Å²) in [6.07, 6.45) is 2.13. The highest BCUT2D eigenvalue weighted by molar-refractivity contribution is 5.78. The first-order chi connectivity index (χ1) is 8.08. The second-order valence-corrected chi connectivity index (χ2v) is 5.30. The molecule has 2 atom stereocenters. The van der Waals surface area contributed by atoms with Gasteiger partial charge in [0.2, 0.25) is 5.91 Å². The zero-order valence-electron chi connectivity index (χ0n) is 11.7. The molecule has 17 heavy (non-hydrogen) atoms. The molecular weight excluding hydrogens is 214 g/mol. The maximum atomic E-state index is 12.2. The third-order valence-corrected chi connectivity index (χ3v) is 3.69. The van der Waals surface area contributed by atoms with Crippen molar-refractivity contribution in [1.82, 2.24) is 15.1 Å². The van der Waals surface area contributed by atoms with Gasteiger partial charge >= 0.3 is 0 Å². The van der Waals surface area contributed by atoms with E-state index in [0.717, 1.165) is 26.1 Å². The summed E-state index contributed by atoms with van der Waals surface area (Å²) in [4.78, 5) is 16.5. The summed E-state index contributed by atoms with van der Waals surface area (Å²) in [5, 5.41) is 3.10. The zero-order valence-corrected chi connectivity index (χ0v) is 11.7. The maximum absolute atomic E-state index is 12.2. The summed E-state index contributed by atoms with van der Waals surface area (Å²) in [6, 6.07) is 0. The van der Waals surface area contributed by atoms with E-state index in [9.17, 15) is 4.79 Å². The fourth-order valence-corrected chi connectivity index (χ4v) is 2.62. The van der Waals surface area contributed by atoms with E-state index in [1.807, 2.05) is 19.0 Å². The lowest BCUT2D eigenvalue weighted by molar-refractivity contribution is -0.134. The largest absolute Gasteiger partial charge is 0.345 e. The molecule has 0 aromatic carbocycles. The van der Waals surface area contributed by atoms with E-state index >= 15 is 0 Å². The first kappa shape index (κ1) is 14.5. The van der Waals surface area contributed by atoms with E-state index in [1.54, 1.807) is 0 Å². The number of hydrogen-bond acceptors (Lipinski definition) is 3. The second-order valence-electron chi connectivity index (χ2n) is 5.30. The highest BCUT2D eigenvalue weighted by Gasteiger charge is 2.25. The Morgan fingerprint density at radius 1 is 1.59 bits per heavy atom. The number of rotatable bonds is 6. The summed E-state index contributed by atoms with van der Waals surface area (Å²) in [7, 11) is 6.00. The first-order valence-electron chi connectivity index (χ1n) is 6.66. The van der Waals surface area contributed by atoms with Crippen LogP contribution < -0.4 is 5.32 Å². The van der Waals surface area contributed by atoms with E-state index in [4.69, 9.17) is 0 Å². The van der Waals surface area contributed by atoms with Crippen LogP contribution in [-0.4, -0.2) is 63.0 Å². The number of likely N-dealkylation sites (tertiary alicyclic amines) is 1. The van der Waals surface area contributed by atoms with E-state index < -0.39 is 0 Å². The second kappa shape index (κ2) is 6.97. The lowest BCUT2D eigenvalue weighted by Gasteiger charge is -2.25. The highest BCUT2D eigenvalue weighted by atomic mass is 16.2. The summed E-state index contributed by atoms with van der Waals surface area (Å²) in [5.41, 5.74) is 0. The predicted molar refractivity (Wildman–Crippen MR) is 70.9 cm³/mol. The van der Waals surface area contributed by atoms with Crippen molar-refractivity contribution in [2.75, 3.05) is 47.3 Å². The monoisotopic (exact) mass is 241 g/mol. The average Bonchev–Trinajstić information content (AvgIpc) is 2.70. The van der Waals surface area contributed by atoms with Crippen LogP contribution in [0, 0.1) is 11.8 Å². The van der Waals surface area contributed by atoms with Crippen molar-refractivity contribution in [2.45, 2.75) is 19.8 Å². The predicted octanol–water partition coefficient (Wildman–Crippen LogP) is 0.642. The van der Waals surface area contributed by atoms with Gasteiger partial charge in [0.25, 0.3) is 0 Å². The van der Waals surface area contributed by atoms with Crippen LogP contribution in [0.3, 0.4) is 0 Å². The van der Waals surface area contributed by atoms with Gasteiger partial charge in [-0.2, -0.15) is 0 Å². The molecule has 1 fully saturated rings. The minimum absolute atomic E-state index is 0.129. The van der Waals surface area contributed by atoms with Gasteiger partial charge in [-0.3, -0.25) is 4.79 Å². The Labute approximate surface area is 105 Å². The molecule has 1 saturated heterocycles. The lowest BCUT2D eigenvalue weighted by atomic mass is 10.0. The Balaban J connectivity index is 2.40. The molecule has 0 aromatic rings. The molecule has 0 aromatic heterocycles. The van der Waals surface area contributed by atoms with Crippen molar-refractivity contribution in [3.8, 4) is 0 Å². The van der Waals surface area contributed by atoms with E-state index in [2.05, 4.69) is 24.2 Å². The Morgan fingerprint density at radius 2 is 2.29 bits per heavy atom. The molecule has 0 bridgehead atoms. The summed E-state index contributed by atoms with van der Waals surface area (Å²) in [5.74, 6) is 1.07. The van der Waals surface area contributed by atoms with Gasteiger partial charge in [0, 0.05) is 26.7 Å². The molecule has 0 spiro atoms. The molecule has 1 aliphatic rings. The van der Waals surface area contributed by atoms with Crippen molar-refractivity contribution in [1.29, 1.82) is 0 Å². The zero-order chi connectivity index (χ0) is 12.8. The minimum Gasteiger partial charge on any atom is -0.345 e. The van der Waals surface area contributed by atoms with Crippen LogP contribution in [0.1, 0.15) is 19.8 Å². The molecule has 1 amide bonds. The standard InChI is InChI=1S/C13H27N3O/c1-5-12(8-14-2)13(17)16(4)10-11-6-7-15(3)9-11/h11-12,14H,5-10H2,1-4H3. The smallest absolute Gasteiger partial charge is 0.226 e. The minimum atomic E-state index is 0.129. The SMILES string of the molecule is CCC(CNC)C(=O)N(C)CC1CCN(C)C1. The normalized spacial score (nSPS) is 22.7. The molecule has 4 heteroatoms. The molecule has 0 saturated carbocycles. The van der Waals surface area contributed by atoms with Crippen molar-refractivity contribution >= 4 is 5.91 Å². The van der Waals surface area contributed by atoms with Crippen LogP contribution in [-0.2, 0) is 4.79 Å². The molecule has 0 aliphatic carbocycles. The number of nitrogens with one attached hydrogen (secondary N) is 1. The molecule has 0 radical (unpaired) electrons. The Bertz CT molecular complexity index is 245. The van der Waals surface area contributed by atoms with Crippen molar-refractivity contribution in [2.24, 2.45) is 11.8 Å². The van der Waals surface area contributed by atoms with Gasteiger partial charge in [-0.05, 0) is 39.4 Å². The number of amides is 1. The summed E-state index contributed by atoms with van der Waals surface area (Å²) in [6.45, 7) is 6.06. The number of hydrogen-bond donors (Lipinski definition) is 1. The Morgan fingerprint density at radius 3 is 2.76 bits per heavy atom. The van der Waals surface area contributed by atoms with E-state index in [1.165, 1.54) is 13.0 Å². The van der Waals surface area contributed by atoms with Crippen molar-refractivity contribution < 1.29 is 4.79 Å². The average molecular weight is 241 g/mol. The fraction of sp³-hybridized carbons (Fsp3) is 0.923. The van der Waals surface area contributed by atoms with E-state index in [0.29, 0.717) is 5.92 Å². The number of nitrogens with zero attached hydrogens (tertiary/aromatic N) is 2. The van der Waals surface area contributed by atoms with Crippen LogP contribution in [0.2, 0.25) is 0 Å².